The van der Waals surface area contributed by atoms with Gasteiger partial charge in [-0.05, 0) is 39.8 Å². The second-order valence-electron chi connectivity index (χ2n) is 8.55. The van der Waals surface area contributed by atoms with Crippen molar-refractivity contribution >= 4 is 46.1 Å². The van der Waals surface area contributed by atoms with Gasteiger partial charge in [-0.3, -0.25) is 0 Å². The minimum absolute atomic E-state index is 0.0134. The molecule has 1 saturated heterocycles. The number of anilines is 1. The zero-order chi connectivity index (χ0) is 22.3. The van der Waals surface area contributed by atoms with E-state index in [1.165, 1.54) is 11.3 Å². The Kier molecular flexibility index (Phi) is 5.85. The lowest BCUT2D eigenvalue weighted by molar-refractivity contribution is 0.0216. The highest BCUT2D eigenvalue weighted by Crippen LogP contribution is 2.37. The van der Waals surface area contributed by atoms with Crippen LogP contribution in [-0.4, -0.2) is 57.3 Å². The molecule has 3 heterocycles. The van der Waals surface area contributed by atoms with Crippen LogP contribution in [-0.2, 0) is 11.3 Å². The SMILES string of the molecule is CC1CN(C(=O)OC(C)(C)C)CCN1c1nc2cc(Cl)cc(-c3ncsc3CO)c2o1. The molecule has 0 bridgehead atoms. The minimum atomic E-state index is -0.531. The fourth-order valence-electron chi connectivity index (χ4n) is 3.62. The quantitative estimate of drug-likeness (QED) is 0.608. The maximum absolute atomic E-state index is 12.4. The topological polar surface area (TPSA) is 91.9 Å². The number of oxazole rings is 1. The molecular weight excluding hydrogens is 440 g/mol. The van der Waals surface area contributed by atoms with E-state index >= 15 is 0 Å². The molecule has 166 valence electrons. The van der Waals surface area contributed by atoms with Crippen LogP contribution >= 0.6 is 22.9 Å². The molecule has 0 spiro atoms. The van der Waals surface area contributed by atoms with E-state index in [-0.39, 0.29) is 18.7 Å². The predicted octanol–water partition coefficient (Wildman–Crippen LogP) is 4.54. The predicted molar refractivity (Wildman–Crippen MR) is 121 cm³/mol. The van der Waals surface area contributed by atoms with Crippen LogP contribution in [0.3, 0.4) is 0 Å². The second-order valence-corrected chi connectivity index (χ2v) is 9.92. The van der Waals surface area contributed by atoms with E-state index in [0.717, 1.165) is 4.88 Å². The summed E-state index contributed by atoms with van der Waals surface area (Å²) in [7, 11) is 0. The molecule has 1 fully saturated rings. The molecule has 31 heavy (non-hydrogen) atoms. The Morgan fingerprint density at radius 2 is 2.16 bits per heavy atom. The van der Waals surface area contributed by atoms with Crippen LogP contribution in [0.1, 0.15) is 32.6 Å². The molecule has 8 nitrogen and oxygen atoms in total. The number of amides is 1. The summed E-state index contributed by atoms with van der Waals surface area (Å²) in [5.41, 5.74) is 3.69. The lowest BCUT2D eigenvalue weighted by Gasteiger charge is -2.39. The highest BCUT2D eigenvalue weighted by atomic mass is 35.5. The smallest absolute Gasteiger partial charge is 0.410 e. The Bertz CT molecular complexity index is 1110. The molecule has 1 N–H and O–H groups in total. The first-order valence-corrected chi connectivity index (χ1v) is 11.3. The fourth-order valence-corrected chi connectivity index (χ4v) is 4.47. The number of halogens is 1. The first kappa shape index (κ1) is 21.9. The third-order valence-electron chi connectivity index (χ3n) is 5.01. The molecule has 2 aromatic heterocycles. The van der Waals surface area contributed by atoms with E-state index in [1.807, 2.05) is 32.6 Å². The highest BCUT2D eigenvalue weighted by Gasteiger charge is 2.32. The van der Waals surface area contributed by atoms with E-state index < -0.39 is 5.60 Å². The van der Waals surface area contributed by atoms with Gasteiger partial charge in [-0.1, -0.05) is 11.6 Å². The van der Waals surface area contributed by atoms with Gasteiger partial charge in [0.15, 0.2) is 5.58 Å². The Hall–Kier alpha value is -2.36. The number of nitrogens with zero attached hydrogens (tertiary/aromatic N) is 4. The zero-order valence-electron chi connectivity index (χ0n) is 17.9. The summed E-state index contributed by atoms with van der Waals surface area (Å²) in [5.74, 6) is 0. The molecule has 1 amide bonds. The van der Waals surface area contributed by atoms with Gasteiger partial charge in [-0.2, -0.15) is 4.98 Å². The van der Waals surface area contributed by atoms with Crippen LogP contribution in [0, 0.1) is 0 Å². The van der Waals surface area contributed by atoms with Crippen LogP contribution < -0.4 is 4.90 Å². The molecule has 0 aliphatic carbocycles. The number of aliphatic hydroxyl groups is 1. The van der Waals surface area contributed by atoms with Crippen molar-refractivity contribution in [2.24, 2.45) is 0 Å². The number of aromatic nitrogens is 2. The minimum Gasteiger partial charge on any atom is -0.444 e. The number of hydrogen-bond donors (Lipinski definition) is 1. The van der Waals surface area contributed by atoms with Gasteiger partial charge in [0.25, 0.3) is 6.01 Å². The van der Waals surface area contributed by atoms with E-state index in [4.69, 9.17) is 20.8 Å². The summed E-state index contributed by atoms with van der Waals surface area (Å²) in [5, 5.41) is 10.2. The lowest BCUT2D eigenvalue weighted by atomic mass is 10.1. The molecule has 1 unspecified atom stereocenters. The molecule has 3 aromatic rings. The van der Waals surface area contributed by atoms with Gasteiger partial charge < -0.3 is 24.1 Å². The Labute approximate surface area is 189 Å². The lowest BCUT2D eigenvalue weighted by Crippen LogP contribution is -2.54. The van der Waals surface area contributed by atoms with Gasteiger partial charge >= 0.3 is 6.09 Å². The van der Waals surface area contributed by atoms with Crippen molar-refractivity contribution in [1.82, 2.24) is 14.9 Å². The summed E-state index contributed by atoms with van der Waals surface area (Å²) in [6, 6.07) is 3.98. The molecule has 4 rings (SSSR count). The average molecular weight is 465 g/mol. The number of thiazole rings is 1. The van der Waals surface area contributed by atoms with Crippen LogP contribution in [0.2, 0.25) is 5.02 Å². The molecule has 0 saturated carbocycles. The molecule has 0 radical (unpaired) electrons. The number of carbonyl (C=O) groups excluding carboxylic acids is 1. The third-order valence-corrected chi connectivity index (χ3v) is 6.04. The second kappa shape index (κ2) is 8.29. The number of fused-ring (bicyclic) bond motifs is 1. The summed E-state index contributed by atoms with van der Waals surface area (Å²) < 4.78 is 11.7. The number of hydrogen-bond acceptors (Lipinski definition) is 8. The standard InChI is InChI=1S/C21H25ClN4O4S/c1-12-9-25(20(28)30-21(2,3)4)5-6-26(12)19-24-15-8-13(22)7-14(18(15)29-19)17-16(10-27)31-11-23-17/h7-8,11-12,27H,5-6,9-10H2,1-4H3. The van der Waals surface area contributed by atoms with E-state index in [9.17, 15) is 9.90 Å². The largest absolute Gasteiger partial charge is 0.444 e. The highest BCUT2D eigenvalue weighted by molar-refractivity contribution is 7.10. The number of rotatable bonds is 3. The number of ether oxygens (including phenoxy) is 1. The van der Waals surface area contributed by atoms with E-state index in [1.54, 1.807) is 22.5 Å². The van der Waals surface area contributed by atoms with Crippen molar-refractivity contribution in [2.75, 3.05) is 24.5 Å². The van der Waals surface area contributed by atoms with Crippen molar-refractivity contribution in [3.8, 4) is 11.3 Å². The Balaban J connectivity index is 1.61. The van der Waals surface area contributed by atoms with Crippen LogP contribution in [0.15, 0.2) is 22.1 Å². The van der Waals surface area contributed by atoms with Crippen LogP contribution in [0.5, 0.6) is 0 Å². The monoisotopic (exact) mass is 464 g/mol. The number of aliphatic hydroxyl groups excluding tert-OH is 1. The first-order chi connectivity index (χ1) is 14.7. The summed E-state index contributed by atoms with van der Waals surface area (Å²) in [6.07, 6.45) is -0.314. The maximum Gasteiger partial charge on any atom is 0.410 e. The first-order valence-electron chi connectivity index (χ1n) is 10.0. The molecule has 1 aliphatic rings. The van der Waals surface area contributed by atoms with Crippen molar-refractivity contribution < 1.29 is 19.1 Å². The Morgan fingerprint density at radius 3 is 2.84 bits per heavy atom. The van der Waals surface area contributed by atoms with Crippen molar-refractivity contribution in [3.63, 3.8) is 0 Å². The van der Waals surface area contributed by atoms with Crippen molar-refractivity contribution in [3.05, 3.63) is 27.5 Å². The zero-order valence-corrected chi connectivity index (χ0v) is 19.5. The average Bonchev–Trinajstić information content (AvgIpc) is 3.32. The molecule has 1 aromatic carbocycles. The number of piperazine rings is 1. The molecule has 10 heteroatoms. The molecule has 1 aliphatic heterocycles. The van der Waals surface area contributed by atoms with Crippen molar-refractivity contribution in [1.29, 1.82) is 0 Å². The van der Waals surface area contributed by atoms with E-state index in [2.05, 4.69) is 9.97 Å². The van der Waals surface area contributed by atoms with Gasteiger partial charge in [0.2, 0.25) is 0 Å². The summed E-state index contributed by atoms with van der Waals surface area (Å²) >= 11 is 7.70. The normalized spacial score (nSPS) is 17.4. The van der Waals surface area contributed by atoms with Gasteiger partial charge in [-0.25, -0.2) is 9.78 Å². The van der Waals surface area contributed by atoms with Gasteiger partial charge in [0.05, 0.1) is 22.7 Å². The summed E-state index contributed by atoms with van der Waals surface area (Å²) in [4.78, 5) is 25.9. The van der Waals surface area contributed by atoms with Gasteiger partial charge in [0, 0.05) is 36.3 Å². The van der Waals surface area contributed by atoms with Gasteiger partial charge in [0.1, 0.15) is 11.1 Å². The maximum atomic E-state index is 12.4. The Morgan fingerprint density at radius 1 is 1.39 bits per heavy atom. The molecular formula is C21H25ClN4O4S. The number of carbonyl (C=O) groups is 1. The van der Waals surface area contributed by atoms with Gasteiger partial charge in [-0.15, -0.1) is 11.3 Å². The van der Waals surface area contributed by atoms with Crippen molar-refractivity contribution in [2.45, 2.75) is 45.9 Å². The molecule has 1 atom stereocenters. The van der Waals surface area contributed by atoms with Crippen LogP contribution in [0.4, 0.5) is 10.8 Å². The number of benzene rings is 1. The fraction of sp³-hybridized carbons (Fsp3) is 0.476. The van der Waals surface area contributed by atoms with E-state index in [0.29, 0.717) is 53.0 Å². The summed E-state index contributed by atoms with van der Waals surface area (Å²) in [6.45, 7) is 9.05. The van der Waals surface area contributed by atoms with Crippen LogP contribution in [0.25, 0.3) is 22.4 Å². The third kappa shape index (κ3) is 4.49.